The number of hydrogen-bond acceptors (Lipinski definition) is 3. The molecule has 0 aliphatic carbocycles. The number of benzene rings is 1. The van der Waals surface area contributed by atoms with E-state index in [1.165, 1.54) is 30.5 Å². The van der Waals surface area contributed by atoms with E-state index in [2.05, 4.69) is 25.3 Å². The average molecular weight is 549 g/mol. The first-order valence-corrected chi connectivity index (χ1v) is 8.70. The van der Waals surface area contributed by atoms with Crippen LogP contribution in [0.15, 0.2) is 35.5 Å². The van der Waals surface area contributed by atoms with E-state index in [-0.39, 0.29) is 64.1 Å². The van der Waals surface area contributed by atoms with Crippen molar-refractivity contribution in [2.45, 2.75) is 26.6 Å². The second-order valence-corrected chi connectivity index (χ2v) is 6.08. The molecule has 5 nitrogen and oxygen atoms in total. The minimum atomic E-state index is -3.04. The molecule has 0 bridgehead atoms. The lowest BCUT2D eigenvalue weighted by molar-refractivity contribution is -0.0503. The van der Waals surface area contributed by atoms with Gasteiger partial charge in [0, 0.05) is 23.3 Å². The van der Waals surface area contributed by atoms with Crippen LogP contribution in [0.5, 0.6) is 5.75 Å². The molecule has 0 aliphatic heterocycles. The topological polar surface area (TPSA) is 58.5 Å². The van der Waals surface area contributed by atoms with E-state index in [4.69, 9.17) is 23.2 Å². The summed E-state index contributed by atoms with van der Waals surface area (Å²) in [5.41, 5.74) is 0.504. The molecule has 0 spiro atoms. The minimum absolute atomic E-state index is 0. The lowest BCUT2D eigenvalue weighted by Gasteiger charge is -2.14. The maximum Gasteiger partial charge on any atom is 0.387 e. The molecule has 2 N–H and O–H groups in total. The van der Waals surface area contributed by atoms with Gasteiger partial charge in [0.25, 0.3) is 0 Å². The van der Waals surface area contributed by atoms with Crippen molar-refractivity contribution in [3.05, 3.63) is 57.6 Å². The molecule has 0 fully saturated rings. The first kappa shape index (κ1) is 24.6. The third-order valence-electron chi connectivity index (χ3n) is 3.30. The molecular weight excluding hydrogens is 531 g/mol. The summed E-state index contributed by atoms with van der Waals surface area (Å²) in [6, 6.07) is 5.54. The predicted molar refractivity (Wildman–Crippen MR) is 114 cm³/mol. The Morgan fingerprint density at radius 1 is 1.29 bits per heavy atom. The number of pyridine rings is 1. The van der Waals surface area contributed by atoms with Gasteiger partial charge in [-0.05, 0) is 31.2 Å². The maximum absolute atomic E-state index is 13.7. The number of nitrogens with zero attached hydrogens (tertiary/aromatic N) is 2. The predicted octanol–water partition coefficient (Wildman–Crippen LogP) is 5.00. The van der Waals surface area contributed by atoms with E-state index in [1.54, 1.807) is 0 Å². The number of aromatic nitrogens is 1. The maximum atomic E-state index is 13.7. The van der Waals surface area contributed by atoms with Crippen LogP contribution < -0.4 is 15.4 Å². The van der Waals surface area contributed by atoms with E-state index < -0.39 is 12.4 Å². The van der Waals surface area contributed by atoms with Crippen LogP contribution in [-0.4, -0.2) is 24.1 Å². The molecule has 0 radical (unpaired) electrons. The molecule has 0 amide bonds. The Balaban J connectivity index is 0.00000392. The van der Waals surface area contributed by atoms with Gasteiger partial charge in [-0.15, -0.1) is 24.0 Å². The SMILES string of the molecule is CCNC(=NCc1cc(Cl)cc(Cl)c1OC(F)F)NCc1ncccc1F.I. The van der Waals surface area contributed by atoms with Crippen molar-refractivity contribution in [2.24, 2.45) is 4.99 Å². The van der Waals surface area contributed by atoms with Crippen LogP contribution in [0, 0.1) is 5.82 Å². The fourth-order valence-corrected chi connectivity index (χ4v) is 2.75. The van der Waals surface area contributed by atoms with Gasteiger partial charge in [0.15, 0.2) is 5.96 Å². The summed E-state index contributed by atoms with van der Waals surface area (Å²) < 4.78 is 43.4. The molecule has 1 aromatic heterocycles. The smallest absolute Gasteiger partial charge is 0.387 e. The number of guanidine groups is 1. The van der Waals surface area contributed by atoms with Crippen LogP contribution in [0.2, 0.25) is 10.0 Å². The second kappa shape index (κ2) is 12.2. The van der Waals surface area contributed by atoms with Crippen molar-refractivity contribution in [3.8, 4) is 5.75 Å². The van der Waals surface area contributed by atoms with Crippen LogP contribution in [0.1, 0.15) is 18.2 Å². The van der Waals surface area contributed by atoms with Crippen molar-refractivity contribution in [3.63, 3.8) is 0 Å². The molecule has 1 aromatic carbocycles. The number of alkyl halides is 2. The van der Waals surface area contributed by atoms with Crippen LogP contribution in [-0.2, 0) is 13.1 Å². The first-order chi connectivity index (χ1) is 12.9. The van der Waals surface area contributed by atoms with E-state index in [1.807, 2.05) is 6.92 Å². The highest BCUT2D eigenvalue weighted by atomic mass is 127. The van der Waals surface area contributed by atoms with Crippen molar-refractivity contribution < 1.29 is 17.9 Å². The van der Waals surface area contributed by atoms with Gasteiger partial charge in [-0.3, -0.25) is 4.98 Å². The Hall–Kier alpha value is -1.46. The second-order valence-electron chi connectivity index (χ2n) is 5.24. The van der Waals surface area contributed by atoms with Crippen molar-refractivity contribution >= 4 is 53.1 Å². The molecule has 0 unspecified atom stereocenters. The summed E-state index contributed by atoms with van der Waals surface area (Å²) in [7, 11) is 0. The molecule has 0 saturated heterocycles. The van der Waals surface area contributed by atoms with Gasteiger partial charge in [-0.25, -0.2) is 9.38 Å². The number of aliphatic imine (C=N–C) groups is 1. The Kier molecular flexibility index (Phi) is 10.7. The first-order valence-electron chi connectivity index (χ1n) is 7.95. The zero-order valence-corrected chi connectivity index (χ0v) is 18.5. The fraction of sp³-hybridized carbons (Fsp3) is 0.294. The minimum Gasteiger partial charge on any atom is -0.433 e. The van der Waals surface area contributed by atoms with Crippen LogP contribution in [0.25, 0.3) is 0 Å². The standard InChI is InChI=1S/C17H17Cl2F3N4O.HI/c1-2-23-17(26-9-14-13(20)4-3-5-24-14)25-8-10-6-11(18)7-12(19)15(10)27-16(21)22;/h3-7,16H,2,8-9H2,1H3,(H2,23,25,26);1H. The van der Waals surface area contributed by atoms with Gasteiger partial charge in [-0.1, -0.05) is 23.2 Å². The highest BCUT2D eigenvalue weighted by Crippen LogP contribution is 2.34. The van der Waals surface area contributed by atoms with E-state index in [0.29, 0.717) is 12.5 Å². The van der Waals surface area contributed by atoms with Crippen LogP contribution in [0.4, 0.5) is 13.2 Å². The zero-order valence-electron chi connectivity index (χ0n) is 14.7. The molecule has 28 heavy (non-hydrogen) atoms. The number of hydrogen-bond donors (Lipinski definition) is 2. The number of halogens is 6. The third kappa shape index (κ3) is 7.51. The molecule has 0 atom stereocenters. The largest absolute Gasteiger partial charge is 0.433 e. The summed E-state index contributed by atoms with van der Waals surface area (Å²) in [6.45, 7) is -0.602. The van der Waals surface area contributed by atoms with Crippen molar-refractivity contribution in [1.29, 1.82) is 0 Å². The van der Waals surface area contributed by atoms with E-state index in [9.17, 15) is 13.2 Å². The highest BCUT2D eigenvalue weighted by Gasteiger charge is 2.15. The quantitative estimate of drug-likeness (QED) is 0.290. The van der Waals surface area contributed by atoms with Gasteiger partial charge in [0.2, 0.25) is 0 Å². The number of rotatable bonds is 7. The zero-order chi connectivity index (χ0) is 19.8. The fourth-order valence-electron chi connectivity index (χ4n) is 2.17. The molecule has 1 heterocycles. The lowest BCUT2D eigenvalue weighted by atomic mass is 10.2. The molecule has 154 valence electrons. The van der Waals surface area contributed by atoms with Crippen LogP contribution in [0.3, 0.4) is 0 Å². The van der Waals surface area contributed by atoms with E-state index in [0.717, 1.165) is 0 Å². The molecule has 11 heteroatoms. The summed E-state index contributed by atoms with van der Waals surface area (Å²) in [5, 5.41) is 6.11. The number of ether oxygens (including phenoxy) is 1. The summed E-state index contributed by atoms with van der Waals surface area (Å²) in [4.78, 5) is 8.22. The van der Waals surface area contributed by atoms with Gasteiger partial charge in [-0.2, -0.15) is 8.78 Å². The summed E-state index contributed by atoms with van der Waals surface area (Å²) in [6.07, 6.45) is 1.48. The molecule has 2 rings (SSSR count). The summed E-state index contributed by atoms with van der Waals surface area (Å²) in [5.74, 6) is -0.303. The molecule has 0 aliphatic rings. The van der Waals surface area contributed by atoms with Gasteiger partial charge in [0.05, 0.1) is 23.8 Å². The lowest BCUT2D eigenvalue weighted by Crippen LogP contribution is -2.37. The Labute approximate surface area is 187 Å². The van der Waals surface area contributed by atoms with Gasteiger partial charge >= 0.3 is 6.61 Å². The van der Waals surface area contributed by atoms with E-state index >= 15 is 0 Å². The molecule has 2 aromatic rings. The van der Waals surface area contributed by atoms with Crippen molar-refractivity contribution in [2.75, 3.05) is 6.54 Å². The van der Waals surface area contributed by atoms with Crippen LogP contribution >= 0.6 is 47.2 Å². The Morgan fingerprint density at radius 3 is 2.68 bits per heavy atom. The normalized spacial score (nSPS) is 11.2. The van der Waals surface area contributed by atoms with Gasteiger partial charge in [0.1, 0.15) is 11.6 Å². The third-order valence-corrected chi connectivity index (χ3v) is 3.80. The average Bonchev–Trinajstić information content (AvgIpc) is 2.61. The monoisotopic (exact) mass is 548 g/mol. The van der Waals surface area contributed by atoms with Crippen molar-refractivity contribution in [1.82, 2.24) is 15.6 Å². The molecule has 0 saturated carbocycles. The molecular formula is C17H18Cl2F3IN4O. The summed E-state index contributed by atoms with van der Waals surface area (Å²) >= 11 is 11.9. The highest BCUT2D eigenvalue weighted by molar-refractivity contribution is 14.0. The number of nitrogens with one attached hydrogen (secondary N) is 2. The Bertz CT molecular complexity index is 812. The van der Waals surface area contributed by atoms with Gasteiger partial charge < -0.3 is 15.4 Å². The Morgan fingerprint density at radius 2 is 2.04 bits per heavy atom.